The van der Waals surface area contributed by atoms with Crippen molar-refractivity contribution in [1.29, 1.82) is 0 Å². The van der Waals surface area contributed by atoms with Gasteiger partial charge in [0.05, 0.1) is 13.2 Å². The Labute approximate surface area is 140 Å². The van der Waals surface area contributed by atoms with Crippen LogP contribution in [0.15, 0.2) is 18.2 Å². The summed E-state index contributed by atoms with van der Waals surface area (Å²) in [5.74, 6) is 1.66. The highest BCUT2D eigenvalue weighted by molar-refractivity contribution is 5.44. The average molecular weight is 322 g/mol. The largest absolute Gasteiger partial charge is 0.497 e. The van der Waals surface area contributed by atoms with E-state index >= 15 is 0 Å². The first-order chi connectivity index (χ1) is 10.9. The maximum absolute atomic E-state index is 10.2. The molecule has 0 heterocycles. The maximum atomic E-state index is 10.2. The molecule has 23 heavy (non-hydrogen) atoms. The summed E-state index contributed by atoms with van der Waals surface area (Å²) in [7, 11) is 1.67. The first kappa shape index (κ1) is 18.1. The molecule has 1 aliphatic carbocycles. The van der Waals surface area contributed by atoms with Gasteiger partial charge in [-0.15, -0.1) is 0 Å². The number of nitrogens with two attached hydrogens (primary N) is 1. The predicted molar refractivity (Wildman–Crippen MR) is 92.2 cm³/mol. The molecule has 1 aromatic rings. The van der Waals surface area contributed by atoms with E-state index in [4.69, 9.17) is 9.47 Å². The fraction of sp³-hybridized carbons (Fsp3) is 0.684. The molecule has 0 bridgehead atoms. The molecule has 0 aliphatic heterocycles. The fourth-order valence-electron chi connectivity index (χ4n) is 3.14. The van der Waals surface area contributed by atoms with Gasteiger partial charge in [0.25, 0.3) is 0 Å². The second-order valence-corrected chi connectivity index (χ2v) is 7.59. The number of benzene rings is 1. The van der Waals surface area contributed by atoms with Gasteiger partial charge >= 0.3 is 0 Å². The molecule has 0 spiro atoms. The molecule has 130 valence electrons. The van der Waals surface area contributed by atoms with Crippen LogP contribution < -0.4 is 14.8 Å². The Morgan fingerprint density at radius 2 is 1.96 bits per heavy atom. The molecule has 4 heteroatoms. The Bertz CT molecular complexity index is 490. The molecule has 2 rings (SSSR count). The summed E-state index contributed by atoms with van der Waals surface area (Å²) < 4.78 is 11.2. The SMILES string of the molecule is COc1ccc(OC[C@@H](O)C[NH2+]C2CCCC2)c(C(C)(C)C)c1. The van der Waals surface area contributed by atoms with Gasteiger partial charge in [0, 0.05) is 5.56 Å². The van der Waals surface area contributed by atoms with Gasteiger partial charge in [-0.1, -0.05) is 20.8 Å². The number of methoxy groups -OCH3 is 1. The standard InChI is InChI=1S/C19H31NO3/c1-19(2,3)17-11-16(22-4)9-10-18(17)23-13-15(21)12-20-14-7-5-6-8-14/h9-11,14-15,20-21H,5-8,12-13H2,1-4H3/p+1/t15-/m0/s1. The van der Waals surface area contributed by atoms with Gasteiger partial charge in [-0.3, -0.25) is 0 Å². The monoisotopic (exact) mass is 322 g/mol. The Morgan fingerprint density at radius 1 is 1.26 bits per heavy atom. The molecule has 0 radical (unpaired) electrons. The molecule has 1 aromatic carbocycles. The van der Waals surface area contributed by atoms with Crippen LogP contribution >= 0.6 is 0 Å². The summed E-state index contributed by atoms with van der Waals surface area (Å²) in [6, 6.07) is 6.55. The second-order valence-electron chi connectivity index (χ2n) is 7.59. The van der Waals surface area contributed by atoms with E-state index in [9.17, 15) is 5.11 Å². The topological polar surface area (TPSA) is 55.3 Å². The van der Waals surface area contributed by atoms with Crippen molar-refractivity contribution in [1.82, 2.24) is 0 Å². The molecule has 0 saturated heterocycles. The van der Waals surface area contributed by atoms with Crippen molar-refractivity contribution in [3.8, 4) is 11.5 Å². The lowest BCUT2D eigenvalue weighted by molar-refractivity contribution is -0.693. The van der Waals surface area contributed by atoms with Crippen LogP contribution in [0.1, 0.15) is 52.0 Å². The van der Waals surface area contributed by atoms with Gasteiger partial charge < -0.3 is 19.9 Å². The van der Waals surface area contributed by atoms with E-state index in [-0.39, 0.29) is 5.41 Å². The molecular formula is C19H32NO3+. The smallest absolute Gasteiger partial charge is 0.137 e. The lowest BCUT2D eigenvalue weighted by Gasteiger charge is -2.24. The number of aliphatic hydroxyl groups is 1. The average Bonchev–Trinajstić information content (AvgIpc) is 3.03. The number of ether oxygens (including phenoxy) is 2. The third-order valence-corrected chi connectivity index (χ3v) is 4.57. The van der Waals surface area contributed by atoms with Gasteiger partial charge in [0.1, 0.15) is 30.8 Å². The van der Waals surface area contributed by atoms with Crippen LogP contribution in [0.25, 0.3) is 0 Å². The highest BCUT2D eigenvalue weighted by Gasteiger charge is 2.22. The molecule has 4 nitrogen and oxygen atoms in total. The number of hydrogen-bond acceptors (Lipinski definition) is 3. The van der Waals surface area contributed by atoms with Gasteiger partial charge in [0.15, 0.2) is 0 Å². The molecule has 1 aliphatic rings. The molecule has 0 unspecified atom stereocenters. The molecule has 1 atom stereocenters. The van der Waals surface area contributed by atoms with Crippen molar-refractivity contribution in [3.05, 3.63) is 23.8 Å². The molecule has 0 aromatic heterocycles. The summed E-state index contributed by atoms with van der Waals surface area (Å²) in [4.78, 5) is 0. The van der Waals surface area contributed by atoms with Crippen LogP contribution in [0.2, 0.25) is 0 Å². The van der Waals surface area contributed by atoms with Crippen LogP contribution in [-0.4, -0.2) is 37.5 Å². The molecule has 1 fully saturated rings. The van der Waals surface area contributed by atoms with Crippen molar-refractivity contribution >= 4 is 0 Å². The van der Waals surface area contributed by atoms with Gasteiger partial charge in [-0.2, -0.15) is 0 Å². The Kier molecular flexibility index (Phi) is 6.31. The number of rotatable bonds is 7. The lowest BCUT2D eigenvalue weighted by Crippen LogP contribution is -2.91. The van der Waals surface area contributed by atoms with Crippen LogP contribution in [0.5, 0.6) is 11.5 Å². The van der Waals surface area contributed by atoms with Crippen LogP contribution in [-0.2, 0) is 5.41 Å². The maximum Gasteiger partial charge on any atom is 0.137 e. The van der Waals surface area contributed by atoms with Gasteiger partial charge in [0.2, 0.25) is 0 Å². The number of quaternary nitrogens is 1. The van der Waals surface area contributed by atoms with Crippen LogP contribution in [0, 0.1) is 0 Å². The van der Waals surface area contributed by atoms with Gasteiger partial charge in [-0.25, -0.2) is 0 Å². The summed E-state index contributed by atoms with van der Waals surface area (Å²) in [6.07, 6.45) is 4.77. The Hall–Kier alpha value is -1.26. The van der Waals surface area contributed by atoms with Gasteiger partial charge in [-0.05, 0) is 49.3 Å². The second kappa shape index (κ2) is 8.02. The van der Waals surface area contributed by atoms with Crippen molar-refractivity contribution in [2.45, 2.75) is 64.0 Å². The van der Waals surface area contributed by atoms with E-state index in [0.717, 1.165) is 17.1 Å². The van der Waals surface area contributed by atoms with Crippen LogP contribution in [0.3, 0.4) is 0 Å². The highest BCUT2D eigenvalue weighted by atomic mass is 16.5. The summed E-state index contributed by atoms with van der Waals surface area (Å²) >= 11 is 0. The lowest BCUT2D eigenvalue weighted by atomic mass is 9.86. The van der Waals surface area contributed by atoms with Crippen molar-refractivity contribution < 1.29 is 19.9 Å². The zero-order valence-corrected chi connectivity index (χ0v) is 15.0. The fourth-order valence-corrected chi connectivity index (χ4v) is 3.14. The third-order valence-electron chi connectivity index (χ3n) is 4.57. The Balaban J connectivity index is 1.91. The zero-order chi connectivity index (χ0) is 16.9. The van der Waals surface area contributed by atoms with E-state index in [1.165, 1.54) is 25.7 Å². The molecular weight excluding hydrogens is 290 g/mol. The first-order valence-electron chi connectivity index (χ1n) is 8.73. The van der Waals surface area contributed by atoms with E-state index in [2.05, 4.69) is 26.1 Å². The third kappa shape index (κ3) is 5.40. The minimum Gasteiger partial charge on any atom is -0.497 e. The molecule has 0 amide bonds. The normalized spacial score (nSPS) is 17.3. The Morgan fingerprint density at radius 3 is 2.57 bits per heavy atom. The van der Waals surface area contributed by atoms with Crippen molar-refractivity contribution in [2.75, 3.05) is 20.3 Å². The molecule has 1 saturated carbocycles. The number of aliphatic hydroxyl groups excluding tert-OH is 1. The van der Waals surface area contributed by atoms with Crippen molar-refractivity contribution in [2.24, 2.45) is 0 Å². The summed E-state index contributed by atoms with van der Waals surface area (Å²) in [5.41, 5.74) is 1.06. The highest BCUT2D eigenvalue weighted by Crippen LogP contribution is 2.34. The first-order valence-corrected chi connectivity index (χ1v) is 8.73. The quantitative estimate of drug-likeness (QED) is 0.809. The number of hydrogen-bond donors (Lipinski definition) is 2. The van der Waals surface area contributed by atoms with E-state index in [1.807, 2.05) is 18.2 Å². The molecule has 3 N–H and O–H groups in total. The minimum absolute atomic E-state index is 0.0369. The summed E-state index contributed by atoms with van der Waals surface area (Å²) in [5, 5.41) is 12.5. The van der Waals surface area contributed by atoms with E-state index < -0.39 is 6.10 Å². The minimum atomic E-state index is -0.439. The van der Waals surface area contributed by atoms with E-state index in [0.29, 0.717) is 19.2 Å². The zero-order valence-electron chi connectivity index (χ0n) is 15.0. The van der Waals surface area contributed by atoms with Crippen LogP contribution in [0.4, 0.5) is 0 Å². The summed E-state index contributed by atoms with van der Waals surface area (Å²) in [6.45, 7) is 7.50. The predicted octanol–water partition coefficient (Wildman–Crippen LogP) is 2.24. The van der Waals surface area contributed by atoms with Crippen molar-refractivity contribution in [3.63, 3.8) is 0 Å². The van der Waals surface area contributed by atoms with E-state index in [1.54, 1.807) is 7.11 Å².